The van der Waals surface area contributed by atoms with Gasteiger partial charge in [-0.25, -0.2) is 0 Å². The summed E-state index contributed by atoms with van der Waals surface area (Å²) in [6.07, 6.45) is 0.938. The molecule has 0 aromatic heterocycles. The fourth-order valence-electron chi connectivity index (χ4n) is 2.26. The van der Waals surface area contributed by atoms with Gasteiger partial charge in [-0.1, -0.05) is 12.1 Å². The maximum atomic E-state index is 11.9. The maximum Gasteiger partial charge on any atom is 0.224 e. The Balaban J connectivity index is 1.89. The summed E-state index contributed by atoms with van der Waals surface area (Å²) in [5.41, 5.74) is 2.19. The van der Waals surface area contributed by atoms with Crippen molar-refractivity contribution in [2.45, 2.75) is 19.9 Å². The molecule has 18 heavy (non-hydrogen) atoms. The summed E-state index contributed by atoms with van der Waals surface area (Å²) in [4.78, 5) is 11.9. The average molecular weight is 248 g/mol. The quantitative estimate of drug-likeness (QED) is 0.842. The molecule has 4 heteroatoms. The Morgan fingerprint density at radius 1 is 1.56 bits per heavy atom. The van der Waals surface area contributed by atoms with Crippen LogP contribution < -0.4 is 15.4 Å². The van der Waals surface area contributed by atoms with Gasteiger partial charge in [-0.15, -0.1) is 0 Å². The molecule has 0 bridgehead atoms. The fourth-order valence-corrected chi connectivity index (χ4v) is 2.26. The largest absolute Gasteiger partial charge is 0.496 e. The monoisotopic (exact) mass is 248 g/mol. The Kier molecular flexibility index (Phi) is 4.20. The second kappa shape index (κ2) is 5.87. The number of hydrogen-bond donors (Lipinski definition) is 2. The Bertz CT molecular complexity index is 426. The van der Waals surface area contributed by atoms with E-state index >= 15 is 0 Å². The van der Waals surface area contributed by atoms with E-state index in [0.717, 1.165) is 36.4 Å². The van der Waals surface area contributed by atoms with Crippen molar-refractivity contribution in [3.8, 4) is 5.75 Å². The molecule has 0 aliphatic carbocycles. The highest BCUT2D eigenvalue weighted by atomic mass is 16.5. The predicted molar refractivity (Wildman–Crippen MR) is 70.6 cm³/mol. The van der Waals surface area contributed by atoms with E-state index in [-0.39, 0.29) is 11.8 Å². The molecule has 0 radical (unpaired) electrons. The number of rotatable bonds is 4. The van der Waals surface area contributed by atoms with Crippen molar-refractivity contribution in [2.75, 3.05) is 20.2 Å². The number of methoxy groups -OCH3 is 1. The first-order chi connectivity index (χ1) is 8.70. The average Bonchev–Trinajstić information content (AvgIpc) is 2.90. The molecule has 1 aliphatic heterocycles. The highest BCUT2D eigenvalue weighted by Gasteiger charge is 2.21. The molecular formula is C14H20N2O2. The summed E-state index contributed by atoms with van der Waals surface area (Å²) in [6, 6.07) is 5.97. The van der Waals surface area contributed by atoms with Gasteiger partial charge in [-0.2, -0.15) is 0 Å². The lowest BCUT2D eigenvalue weighted by Crippen LogP contribution is -2.31. The van der Waals surface area contributed by atoms with Gasteiger partial charge < -0.3 is 15.4 Å². The molecule has 1 aliphatic rings. The molecule has 1 heterocycles. The van der Waals surface area contributed by atoms with Gasteiger partial charge in [-0.05, 0) is 37.1 Å². The van der Waals surface area contributed by atoms with Crippen LogP contribution in [0, 0.1) is 12.8 Å². The Morgan fingerprint density at radius 3 is 3.00 bits per heavy atom. The number of nitrogens with one attached hydrogen (secondary N) is 2. The van der Waals surface area contributed by atoms with Gasteiger partial charge in [0.15, 0.2) is 0 Å². The van der Waals surface area contributed by atoms with Gasteiger partial charge in [-0.3, -0.25) is 4.79 Å². The second-order valence-corrected chi connectivity index (χ2v) is 4.71. The molecule has 0 saturated carbocycles. The third-order valence-electron chi connectivity index (χ3n) is 3.36. The summed E-state index contributed by atoms with van der Waals surface area (Å²) in [6.45, 7) is 4.33. The van der Waals surface area contributed by atoms with Crippen LogP contribution in [0.2, 0.25) is 0 Å². The standard InChI is InChI=1S/C14H20N2O2/c1-10-7-11(3-4-13(10)18-2)8-16-14(17)12-5-6-15-9-12/h3-4,7,12,15H,5-6,8-9H2,1-2H3,(H,16,17)/t12-/m1/s1. The van der Waals surface area contributed by atoms with Crippen molar-refractivity contribution >= 4 is 5.91 Å². The van der Waals surface area contributed by atoms with Crippen molar-refractivity contribution in [3.63, 3.8) is 0 Å². The molecular weight excluding hydrogens is 228 g/mol. The normalized spacial score (nSPS) is 18.7. The molecule has 1 saturated heterocycles. The van der Waals surface area contributed by atoms with Crippen molar-refractivity contribution in [3.05, 3.63) is 29.3 Å². The lowest BCUT2D eigenvalue weighted by atomic mass is 10.1. The van der Waals surface area contributed by atoms with Crippen molar-refractivity contribution in [2.24, 2.45) is 5.92 Å². The van der Waals surface area contributed by atoms with Crippen LogP contribution in [0.1, 0.15) is 17.5 Å². The summed E-state index contributed by atoms with van der Waals surface area (Å²) < 4.78 is 5.21. The molecule has 1 fully saturated rings. The lowest BCUT2D eigenvalue weighted by molar-refractivity contribution is -0.124. The maximum absolute atomic E-state index is 11.9. The summed E-state index contributed by atoms with van der Waals surface area (Å²) in [5, 5.41) is 6.18. The van der Waals surface area contributed by atoms with Gasteiger partial charge in [0.05, 0.1) is 13.0 Å². The van der Waals surface area contributed by atoms with Gasteiger partial charge in [0.1, 0.15) is 5.75 Å². The summed E-state index contributed by atoms with van der Waals surface area (Å²) in [5.74, 6) is 1.16. The highest BCUT2D eigenvalue weighted by molar-refractivity contribution is 5.79. The van der Waals surface area contributed by atoms with E-state index in [4.69, 9.17) is 4.74 Å². The van der Waals surface area contributed by atoms with Crippen LogP contribution in [-0.4, -0.2) is 26.1 Å². The van der Waals surface area contributed by atoms with E-state index in [1.54, 1.807) is 7.11 Å². The number of carbonyl (C=O) groups excluding carboxylic acids is 1. The first-order valence-electron chi connectivity index (χ1n) is 6.32. The first-order valence-corrected chi connectivity index (χ1v) is 6.32. The molecule has 2 N–H and O–H groups in total. The minimum atomic E-state index is 0.129. The second-order valence-electron chi connectivity index (χ2n) is 4.71. The van der Waals surface area contributed by atoms with Crippen LogP contribution in [-0.2, 0) is 11.3 Å². The van der Waals surface area contributed by atoms with E-state index in [0.29, 0.717) is 6.54 Å². The van der Waals surface area contributed by atoms with Crippen LogP contribution in [0.15, 0.2) is 18.2 Å². The van der Waals surface area contributed by atoms with Crippen LogP contribution in [0.4, 0.5) is 0 Å². The van der Waals surface area contributed by atoms with Gasteiger partial charge in [0.2, 0.25) is 5.91 Å². The van der Waals surface area contributed by atoms with Crippen LogP contribution in [0.25, 0.3) is 0 Å². The molecule has 98 valence electrons. The Hall–Kier alpha value is -1.55. The minimum Gasteiger partial charge on any atom is -0.496 e. The molecule has 1 aromatic rings. The van der Waals surface area contributed by atoms with E-state index < -0.39 is 0 Å². The number of aryl methyl sites for hydroxylation is 1. The van der Waals surface area contributed by atoms with Crippen molar-refractivity contribution in [1.29, 1.82) is 0 Å². The third-order valence-corrected chi connectivity index (χ3v) is 3.36. The van der Waals surface area contributed by atoms with Crippen LogP contribution >= 0.6 is 0 Å². The smallest absolute Gasteiger partial charge is 0.224 e. The van der Waals surface area contributed by atoms with E-state index in [9.17, 15) is 4.79 Å². The third kappa shape index (κ3) is 3.01. The molecule has 4 nitrogen and oxygen atoms in total. The van der Waals surface area contributed by atoms with Crippen molar-refractivity contribution in [1.82, 2.24) is 10.6 Å². The summed E-state index contributed by atoms with van der Waals surface area (Å²) >= 11 is 0. The SMILES string of the molecule is COc1ccc(CNC(=O)[C@@H]2CCNC2)cc1C. The number of benzene rings is 1. The first kappa shape index (κ1) is 12.9. The zero-order valence-electron chi connectivity index (χ0n) is 11.0. The zero-order chi connectivity index (χ0) is 13.0. The number of amides is 1. The number of carbonyl (C=O) groups is 1. The van der Waals surface area contributed by atoms with Gasteiger partial charge in [0, 0.05) is 13.1 Å². The topological polar surface area (TPSA) is 50.4 Å². The van der Waals surface area contributed by atoms with Crippen LogP contribution in [0.3, 0.4) is 0 Å². The van der Waals surface area contributed by atoms with Gasteiger partial charge >= 0.3 is 0 Å². The molecule has 1 atom stereocenters. The van der Waals surface area contributed by atoms with Crippen LogP contribution in [0.5, 0.6) is 5.75 Å². The van der Waals surface area contributed by atoms with Gasteiger partial charge in [0.25, 0.3) is 0 Å². The molecule has 1 amide bonds. The van der Waals surface area contributed by atoms with E-state index in [1.165, 1.54) is 0 Å². The number of ether oxygens (including phenoxy) is 1. The van der Waals surface area contributed by atoms with E-state index in [1.807, 2.05) is 25.1 Å². The molecule has 0 spiro atoms. The lowest BCUT2D eigenvalue weighted by Gasteiger charge is -2.11. The Labute approximate surface area is 108 Å². The molecule has 1 aromatic carbocycles. The predicted octanol–water partition coefficient (Wildman–Crippen LogP) is 1.23. The summed E-state index contributed by atoms with van der Waals surface area (Å²) in [7, 11) is 1.66. The highest BCUT2D eigenvalue weighted by Crippen LogP contribution is 2.18. The Morgan fingerprint density at radius 2 is 2.39 bits per heavy atom. The van der Waals surface area contributed by atoms with E-state index in [2.05, 4.69) is 10.6 Å². The zero-order valence-corrected chi connectivity index (χ0v) is 11.0. The van der Waals surface area contributed by atoms with Crippen molar-refractivity contribution < 1.29 is 9.53 Å². The molecule has 2 rings (SSSR count). The fraction of sp³-hybridized carbons (Fsp3) is 0.500. The minimum absolute atomic E-state index is 0.129. The number of hydrogen-bond acceptors (Lipinski definition) is 3. The molecule has 0 unspecified atom stereocenters.